The fourth-order valence-corrected chi connectivity index (χ4v) is 2.18. The second-order valence-electron chi connectivity index (χ2n) is 4.36. The lowest BCUT2D eigenvalue weighted by atomic mass is 10.1. The van der Waals surface area contributed by atoms with Gasteiger partial charge in [0.05, 0.1) is 11.5 Å². The second-order valence-corrected chi connectivity index (χ2v) is 5.44. The Balaban J connectivity index is 2.87. The number of carbonyl (C=O) groups excluding carboxylic acids is 1. The zero-order chi connectivity index (χ0) is 13.9. The van der Waals surface area contributed by atoms with Crippen LogP contribution in [0.25, 0.3) is 0 Å². The summed E-state index contributed by atoms with van der Waals surface area (Å²) in [4.78, 5) is 24.4. The van der Waals surface area contributed by atoms with Crippen LogP contribution >= 0.6 is 22.6 Å². The minimum absolute atomic E-state index is 0.142. The molecule has 0 bridgehead atoms. The molecule has 0 heterocycles. The first-order valence-corrected chi connectivity index (χ1v) is 6.65. The molecule has 4 nitrogen and oxygen atoms in total. The van der Waals surface area contributed by atoms with Gasteiger partial charge < -0.3 is 10.0 Å². The van der Waals surface area contributed by atoms with Crippen LogP contribution in [-0.2, 0) is 4.79 Å². The van der Waals surface area contributed by atoms with Crippen molar-refractivity contribution in [3.05, 3.63) is 32.9 Å². The van der Waals surface area contributed by atoms with Crippen molar-refractivity contribution in [2.75, 3.05) is 13.6 Å². The molecule has 18 heavy (non-hydrogen) atoms. The third kappa shape index (κ3) is 3.44. The van der Waals surface area contributed by atoms with E-state index in [0.717, 1.165) is 9.13 Å². The van der Waals surface area contributed by atoms with Gasteiger partial charge in [0.2, 0.25) is 0 Å². The number of nitrogens with zero attached hydrogens (tertiary/aromatic N) is 1. The molecule has 0 aromatic heterocycles. The van der Waals surface area contributed by atoms with Gasteiger partial charge in [0.25, 0.3) is 5.91 Å². The minimum Gasteiger partial charge on any atom is -0.481 e. The summed E-state index contributed by atoms with van der Waals surface area (Å²) in [5, 5.41) is 8.84. The Kier molecular flexibility index (Phi) is 5.13. The Hall–Kier alpha value is -1.11. The van der Waals surface area contributed by atoms with Gasteiger partial charge in [-0.25, -0.2) is 0 Å². The maximum absolute atomic E-state index is 12.2. The number of carbonyl (C=O) groups is 2. The third-order valence-electron chi connectivity index (χ3n) is 2.74. The highest BCUT2D eigenvalue weighted by molar-refractivity contribution is 14.1. The third-order valence-corrected chi connectivity index (χ3v) is 4.17. The van der Waals surface area contributed by atoms with Crippen molar-refractivity contribution in [3.63, 3.8) is 0 Å². The Morgan fingerprint density at radius 2 is 2.06 bits per heavy atom. The average molecular weight is 361 g/mol. The molecule has 1 aromatic rings. The maximum atomic E-state index is 12.2. The standard InChI is InChI=1S/C13H16INO3/c1-8-5-4-6-10(11(8)14)12(16)15(3)7-9(2)13(17)18/h4-6,9H,7H2,1-3H3,(H,17,18). The van der Waals surface area contributed by atoms with Crippen LogP contribution < -0.4 is 0 Å². The van der Waals surface area contributed by atoms with Crippen LogP contribution in [0.3, 0.4) is 0 Å². The number of carboxylic acid groups (broad SMARTS) is 1. The van der Waals surface area contributed by atoms with E-state index in [0.29, 0.717) is 5.56 Å². The normalized spacial score (nSPS) is 12.0. The number of rotatable bonds is 4. The summed E-state index contributed by atoms with van der Waals surface area (Å²) in [7, 11) is 1.63. The molecule has 98 valence electrons. The van der Waals surface area contributed by atoms with Crippen LogP contribution in [0.1, 0.15) is 22.8 Å². The lowest BCUT2D eigenvalue weighted by molar-refractivity contribution is -0.141. The first-order chi connectivity index (χ1) is 8.34. The molecule has 0 spiro atoms. The second kappa shape index (κ2) is 6.17. The number of aliphatic carboxylic acids is 1. The lowest BCUT2D eigenvalue weighted by Gasteiger charge is -2.20. The molecular formula is C13H16INO3. The molecule has 0 saturated carbocycles. The van der Waals surface area contributed by atoms with Crippen LogP contribution in [0.5, 0.6) is 0 Å². The highest BCUT2D eigenvalue weighted by Crippen LogP contribution is 2.18. The minimum atomic E-state index is -0.895. The molecule has 1 rings (SSSR count). The molecule has 1 unspecified atom stereocenters. The molecule has 0 radical (unpaired) electrons. The van der Waals surface area contributed by atoms with Crippen LogP contribution in [0.15, 0.2) is 18.2 Å². The number of hydrogen-bond donors (Lipinski definition) is 1. The number of amides is 1. The predicted molar refractivity (Wildman–Crippen MR) is 77.7 cm³/mol. The predicted octanol–water partition coefficient (Wildman–Crippen LogP) is 2.39. The Morgan fingerprint density at radius 1 is 1.44 bits per heavy atom. The zero-order valence-corrected chi connectivity index (χ0v) is 12.8. The van der Waals surface area contributed by atoms with Crippen molar-refractivity contribution in [2.24, 2.45) is 5.92 Å². The van der Waals surface area contributed by atoms with Crippen LogP contribution in [-0.4, -0.2) is 35.5 Å². The summed E-state index contributed by atoms with van der Waals surface area (Å²) >= 11 is 2.14. The molecule has 1 amide bonds. The fourth-order valence-electron chi connectivity index (χ4n) is 1.59. The summed E-state index contributed by atoms with van der Waals surface area (Å²) in [6, 6.07) is 5.54. The zero-order valence-electron chi connectivity index (χ0n) is 10.6. The summed E-state index contributed by atoms with van der Waals surface area (Å²) in [5.41, 5.74) is 1.66. The summed E-state index contributed by atoms with van der Waals surface area (Å²) in [6.45, 7) is 3.74. The van der Waals surface area contributed by atoms with Gasteiger partial charge >= 0.3 is 5.97 Å². The molecule has 0 aliphatic rings. The molecule has 1 aromatic carbocycles. The monoisotopic (exact) mass is 361 g/mol. The van der Waals surface area contributed by atoms with E-state index in [4.69, 9.17) is 5.11 Å². The highest BCUT2D eigenvalue weighted by Gasteiger charge is 2.20. The first kappa shape index (κ1) is 14.9. The molecule has 0 aliphatic carbocycles. The van der Waals surface area contributed by atoms with Gasteiger partial charge in [0, 0.05) is 17.2 Å². The van der Waals surface area contributed by atoms with Crippen molar-refractivity contribution in [1.29, 1.82) is 0 Å². The smallest absolute Gasteiger partial charge is 0.308 e. The summed E-state index contributed by atoms with van der Waals surface area (Å²) in [5.74, 6) is -1.61. The molecule has 0 fully saturated rings. The van der Waals surface area contributed by atoms with E-state index < -0.39 is 11.9 Å². The van der Waals surface area contributed by atoms with Crippen LogP contribution in [0.4, 0.5) is 0 Å². The molecule has 5 heteroatoms. The fraction of sp³-hybridized carbons (Fsp3) is 0.385. The Morgan fingerprint density at radius 3 is 2.61 bits per heavy atom. The first-order valence-electron chi connectivity index (χ1n) is 5.58. The molecular weight excluding hydrogens is 345 g/mol. The van der Waals surface area contributed by atoms with Gasteiger partial charge in [-0.1, -0.05) is 19.1 Å². The van der Waals surface area contributed by atoms with Gasteiger partial charge in [0.15, 0.2) is 0 Å². The number of benzene rings is 1. The van der Waals surface area contributed by atoms with Gasteiger partial charge in [0.1, 0.15) is 0 Å². The van der Waals surface area contributed by atoms with E-state index in [2.05, 4.69) is 22.6 Å². The quantitative estimate of drug-likeness (QED) is 0.838. The van der Waals surface area contributed by atoms with Gasteiger partial charge in [-0.3, -0.25) is 9.59 Å². The summed E-state index contributed by atoms with van der Waals surface area (Å²) in [6.07, 6.45) is 0. The van der Waals surface area contributed by atoms with E-state index in [1.807, 2.05) is 19.1 Å². The van der Waals surface area contributed by atoms with Crippen LogP contribution in [0, 0.1) is 16.4 Å². The van der Waals surface area contributed by atoms with Crippen molar-refractivity contribution < 1.29 is 14.7 Å². The van der Waals surface area contributed by atoms with Gasteiger partial charge in [-0.15, -0.1) is 0 Å². The summed E-state index contributed by atoms with van der Waals surface area (Å²) < 4.78 is 0.912. The Bertz CT molecular complexity index is 473. The topological polar surface area (TPSA) is 57.6 Å². The van der Waals surface area contributed by atoms with E-state index in [9.17, 15) is 9.59 Å². The van der Waals surface area contributed by atoms with Crippen molar-refractivity contribution in [1.82, 2.24) is 4.90 Å². The molecule has 0 saturated heterocycles. The maximum Gasteiger partial charge on any atom is 0.308 e. The number of carboxylic acids is 1. The SMILES string of the molecule is Cc1cccc(C(=O)N(C)CC(C)C(=O)O)c1I. The molecule has 1 N–H and O–H groups in total. The van der Waals surface area contributed by atoms with E-state index in [1.54, 1.807) is 20.0 Å². The van der Waals surface area contributed by atoms with Crippen molar-refractivity contribution in [3.8, 4) is 0 Å². The van der Waals surface area contributed by atoms with E-state index in [-0.39, 0.29) is 12.5 Å². The van der Waals surface area contributed by atoms with E-state index in [1.165, 1.54) is 4.90 Å². The van der Waals surface area contributed by atoms with Gasteiger partial charge in [-0.05, 0) is 41.1 Å². The Labute approximate surface area is 120 Å². The molecule has 0 aliphatic heterocycles. The average Bonchev–Trinajstić information content (AvgIpc) is 2.31. The van der Waals surface area contributed by atoms with Crippen molar-refractivity contribution >= 4 is 34.5 Å². The van der Waals surface area contributed by atoms with Gasteiger partial charge in [-0.2, -0.15) is 0 Å². The van der Waals surface area contributed by atoms with Crippen molar-refractivity contribution in [2.45, 2.75) is 13.8 Å². The van der Waals surface area contributed by atoms with Crippen LogP contribution in [0.2, 0.25) is 0 Å². The number of aryl methyl sites for hydroxylation is 1. The number of halogens is 1. The number of hydrogen-bond acceptors (Lipinski definition) is 2. The highest BCUT2D eigenvalue weighted by atomic mass is 127. The molecule has 1 atom stereocenters. The lowest BCUT2D eigenvalue weighted by Crippen LogP contribution is -2.34. The van der Waals surface area contributed by atoms with E-state index >= 15 is 0 Å². The largest absolute Gasteiger partial charge is 0.481 e.